The molecule has 1 saturated carbocycles. The van der Waals surface area contributed by atoms with Crippen LogP contribution in [0, 0.1) is 5.92 Å². The van der Waals surface area contributed by atoms with Gasteiger partial charge in [0.1, 0.15) is 5.54 Å². The number of rotatable bonds is 5. The molecule has 2 amide bonds. The van der Waals surface area contributed by atoms with Gasteiger partial charge in [-0.15, -0.1) is 0 Å². The first-order chi connectivity index (χ1) is 7.36. The maximum absolute atomic E-state index is 11.8. The third kappa shape index (κ3) is 3.40. The smallest absolute Gasteiger partial charge is 0.328 e. The van der Waals surface area contributed by atoms with E-state index >= 15 is 0 Å². The van der Waals surface area contributed by atoms with Crippen molar-refractivity contribution in [1.29, 1.82) is 0 Å². The van der Waals surface area contributed by atoms with E-state index in [0.29, 0.717) is 12.5 Å². The standard InChI is InChI=1S/C11H20N2O3/c1-4-13(7-8-5-6-8)10(16)12-11(2,3)9(14)15/h8H,4-7H2,1-3H3,(H,12,16)(H,14,15). The van der Waals surface area contributed by atoms with Crippen molar-refractivity contribution in [3.63, 3.8) is 0 Å². The number of aliphatic carboxylic acids is 1. The number of carboxylic acid groups (broad SMARTS) is 1. The first-order valence-electron chi connectivity index (χ1n) is 5.67. The first-order valence-corrected chi connectivity index (χ1v) is 5.67. The van der Waals surface area contributed by atoms with Gasteiger partial charge in [0.05, 0.1) is 0 Å². The number of carboxylic acids is 1. The molecule has 0 spiro atoms. The molecule has 0 aromatic heterocycles. The molecule has 2 N–H and O–H groups in total. The lowest BCUT2D eigenvalue weighted by Gasteiger charge is -2.27. The van der Waals surface area contributed by atoms with Crippen molar-refractivity contribution in [2.24, 2.45) is 5.92 Å². The Kier molecular flexibility index (Phi) is 3.78. The summed E-state index contributed by atoms with van der Waals surface area (Å²) in [5.41, 5.74) is -1.21. The number of amides is 2. The van der Waals surface area contributed by atoms with E-state index in [9.17, 15) is 9.59 Å². The van der Waals surface area contributed by atoms with Gasteiger partial charge in [0.2, 0.25) is 0 Å². The van der Waals surface area contributed by atoms with Gasteiger partial charge in [-0.2, -0.15) is 0 Å². The molecule has 0 bridgehead atoms. The van der Waals surface area contributed by atoms with E-state index in [1.54, 1.807) is 4.90 Å². The van der Waals surface area contributed by atoms with Crippen molar-refractivity contribution in [1.82, 2.24) is 10.2 Å². The topological polar surface area (TPSA) is 69.6 Å². The summed E-state index contributed by atoms with van der Waals surface area (Å²) in [6, 6.07) is -0.290. The first kappa shape index (κ1) is 12.8. The van der Waals surface area contributed by atoms with Crippen molar-refractivity contribution in [3.05, 3.63) is 0 Å². The van der Waals surface area contributed by atoms with Gasteiger partial charge in [0.15, 0.2) is 0 Å². The minimum atomic E-state index is -1.21. The van der Waals surface area contributed by atoms with Crippen molar-refractivity contribution >= 4 is 12.0 Å². The van der Waals surface area contributed by atoms with Crippen LogP contribution in [0.15, 0.2) is 0 Å². The zero-order valence-electron chi connectivity index (χ0n) is 10.1. The average molecular weight is 228 g/mol. The van der Waals surface area contributed by atoms with Crippen molar-refractivity contribution < 1.29 is 14.7 Å². The van der Waals surface area contributed by atoms with E-state index in [-0.39, 0.29) is 6.03 Å². The summed E-state index contributed by atoms with van der Waals surface area (Å²) in [7, 11) is 0. The second-order valence-electron chi connectivity index (χ2n) is 4.84. The summed E-state index contributed by atoms with van der Waals surface area (Å²) in [6.45, 7) is 6.21. The molecule has 0 unspecified atom stereocenters. The molecule has 1 fully saturated rings. The lowest BCUT2D eigenvalue weighted by molar-refractivity contribution is -0.143. The van der Waals surface area contributed by atoms with Crippen LogP contribution in [0.4, 0.5) is 4.79 Å². The molecule has 0 aromatic carbocycles. The highest BCUT2D eigenvalue weighted by molar-refractivity contribution is 5.85. The molecule has 0 heterocycles. The molecule has 1 rings (SSSR count). The van der Waals surface area contributed by atoms with Crippen LogP contribution < -0.4 is 5.32 Å². The third-order valence-electron chi connectivity index (χ3n) is 2.80. The molecule has 1 aliphatic carbocycles. The number of nitrogens with one attached hydrogen (secondary N) is 1. The lowest BCUT2D eigenvalue weighted by atomic mass is 10.1. The van der Waals surface area contributed by atoms with E-state index < -0.39 is 11.5 Å². The highest BCUT2D eigenvalue weighted by Gasteiger charge is 2.32. The Labute approximate surface area is 95.8 Å². The van der Waals surface area contributed by atoms with Crippen LogP contribution in [-0.4, -0.2) is 40.6 Å². The van der Waals surface area contributed by atoms with E-state index in [1.807, 2.05) is 6.92 Å². The van der Waals surface area contributed by atoms with Gasteiger partial charge in [-0.3, -0.25) is 0 Å². The normalized spacial score (nSPS) is 15.7. The molecule has 0 aliphatic heterocycles. The number of carbonyl (C=O) groups excluding carboxylic acids is 1. The maximum atomic E-state index is 11.8. The fraction of sp³-hybridized carbons (Fsp3) is 0.818. The highest BCUT2D eigenvalue weighted by atomic mass is 16.4. The largest absolute Gasteiger partial charge is 0.480 e. The second-order valence-corrected chi connectivity index (χ2v) is 4.84. The molecule has 16 heavy (non-hydrogen) atoms. The van der Waals surface area contributed by atoms with Gasteiger partial charge < -0.3 is 15.3 Å². The Morgan fingerprint density at radius 3 is 2.38 bits per heavy atom. The lowest BCUT2D eigenvalue weighted by Crippen LogP contribution is -2.54. The minimum Gasteiger partial charge on any atom is -0.480 e. The SMILES string of the molecule is CCN(CC1CC1)C(=O)NC(C)(C)C(=O)O. The van der Waals surface area contributed by atoms with E-state index in [1.165, 1.54) is 26.7 Å². The average Bonchev–Trinajstić information content (AvgIpc) is 2.96. The molecule has 1 aliphatic rings. The van der Waals surface area contributed by atoms with Crippen LogP contribution in [0.5, 0.6) is 0 Å². The monoisotopic (exact) mass is 228 g/mol. The van der Waals surface area contributed by atoms with Crippen LogP contribution in [0.2, 0.25) is 0 Å². The Bertz CT molecular complexity index is 285. The van der Waals surface area contributed by atoms with Gasteiger partial charge in [-0.1, -0.05) is 0 Å². The van der Waals surface area contributed by atoms with Crippen molar-refractivity contribution in [2.75, 3.05) is 13.1 Å². The van der Waals surface area contributed by atoms with Crippen LogP contribution in [0.1, 0.15) is 33.6 Å². The number of nitrogens with zero attached hydrogens (tertiary/aromatic N) is 1. The number of carbonyl (C=O) groups is 2. The molecule has 0 saturated heterocycles. The van der Waals surface area contributed by atoms with Crippen LogP contribution in [0.25, 0.3) is 0 Å². The van der Waals surface area contributed by atoms with Gasteiger partial charge in [-0.25, -0.2) is 9.59 Å². The molecule has 0 atom stereocenters. The predicted octanol–water partition coefficient (Wildman–Crippen LogP) is 1.29. The molecular weight excluding hydrogens is 208 g/mol. The fourth-order valence-corrected chi connectivity index (χ4v) is 1.37. The van der Waals surface area contributed by atoms with E-state index in [4.69, 9.17) is 5.11 Å². The van der Waals surface area contributed by atoms with Crippen molar-refractivity contribution in [3.8, 4) is 0 Å². The van der Waals surface area contributed by atoms with Crippen molar-refractivity contribution in [2.45, 2.75) is 39.2 Å². The third-order valence-corrected chi connectivity index (χ3v) is 2.80. The Balaban J connectivity index is 2.50. The van der Waals surface area contributed by atoms with E-state index in [0.717, 1.165) is 6.54 Å². The Hall–Kier alpha value is -1.26. The van der Waals surface area contributed by atoms with Crippen LogP contribution >= 0.6 is 0 Å². The minimum absolute atomic E-state index is 0.290. The van der Waals surface area contributed by atoms with Crippen LogP contribution in [0.3, 0.4) is 0 Å². The second kappa shape index (κ2) is 4.72. The quantitative estimate of drug-likeness (QED) is 0.745. The summed E-state index contributed by atoms with van der Waals surface area (Å²) < 4.78 is 0. The maximum Gasteiger partial charge on any atom is 0.328 e. The van der Waals surface area contributed by atoms with Gasteiger partial charge in [-0.05, 0) is 39.5 Å². The summed E-state index contributed by atoms with van der Waals surface area (Å²) >= 11 is 0. The highest BCUT2D eigenvalue weighted by Crippen LogP contribution is 2.29. The molecule has 5 nitrogen and oxygen atoms in total. The van der Waals surface area contributed by atoms with Crippen LogP contribution in [-0.2, 0) is 4.79 Å². The molecular formula is C11H20N2O3. The molecule has 0 aromatic rings. The molecule has 92 valence electrons. The number of urea groups is 1. The number of hydrogen-bond donors (Lipinski definition) is 2. The van der Waals surface area contributed by atoms with Gasteiger partial charge in [0.25, 0.3) is 0 Å². The van der Waals surface area contributed by atoms with E-state index in [2.05, 4.69) is 5.32 Å². The fourth-order valence-electron chi connectivity index (χ4n) is 1.37. The summed E-state index contributed by atoms with van der Waals surface area (Å²) in [5, 5.41) is 11.4. The number of hydrogen-bond acceptors (Lipinski definition) is 2. The predicted molar refractivity (Wildman–Crippen MR) is 60.2 cm³/mol. The summed E-state index contributed by atoms with van der Waals surface area (Å²) in [4.78, 5) is 24.3. The van der Waals surface area contributed by atoms with Gasteiger partial charge >= 0.3 is 12.0 Å². The zero-order valence-corrected chi connectivity index (χ0v) is 10.1. The summed E-state index contributed by atoms with van der Waals surface area (Å²) in [6.07, 6.45) is 2.35. The molecule has 5 heteroatoms. The molecule has 0 radical (unpaired) electrons. The summed E-state index contributed by atoms with van der Waals surface area (Å²) in [5.74, 6) is -0.415. The Morgan fingerprint density at radius 1 is 1.44 bits per heavy atom. The Morgan fingerprint density at radius 2 is 2.00 bits per heavy atom. The van der Waals surface area contributed by atoms with Gasteiger partial charge in [0, 0.05) is 13.1 Å². The zero-order chi connectivity index (χ0) is 12.3.